The number of aliphatic carboxylic acids is 1. The molecule has 0 aliphatic carbocycles. The third kappa shape index (κ3) is 5.02. The summed E-state index contributed by atoms with van der Waals surface area (Å²) >= 11 is 0. The van der Waals surface area contributed by atoms with Crippen LogP contribution >= 0.6 is 0 Å². The molecular weight excluding hydrogens is 566 g/mol. The van der Waals surface area contributed by atoms with Gasteiger partial charge in [-0.1, -0.05) is 0 Å². The first kappa shape index (κ1) is 27.6. The Labute approximate surface area is 251 Å². The van der Waals surface area contributed by atoms with Crippen molar-refractivity contribution < 1.29 is 24.2 Å². The monoisotopic (exact) mass is 597 g/mol. The zero-order valence-electron chi connectivity index (χ0n) is 24.1. The van der Waals surface area contributed by atoms with E-state index in [0.29, 0.717) is 91.6 Å². The standard InChI is InChI=1S/C30H31N9O5/c1-43-26-14-22-25(44-12-7-31-22)15-24(26)39-23-13-21(19-17-35-38-8-2-5-32-28(19)38)34-16-20(23)27(36-39)29(40)33-6-11-37-9-3-18(4-10-37)30(41)42/h2,5,8,13-18,31H,3-4,6-7,9-12H2,1H3,(H,33,40)(H,41,42). The zero-order chi connectivity index (χ0) is 30.2. The number of nitrogens with one attached hydrogen (secondary N) is 2. The number of carbonyl (C=O) groups is 2. The summed E-state index contributed by atoms with van der Waals surface area (Å²) in [6.07, 6.45) is 8.09. The molecule has 1 saturated heterocycles. The Hall–Kier alpha value is -5.24. The number of methoxy groups -OCH3 is 1. The molecule has 0 unspecified atom stereocenters. The second kappa shape index (κ2) is 11.4. The van der Waals surface area contributed by atoms with Crippen molar-refractivity contribution in [1.82, 2.24) is 39.6 Å². The first-order valence-electron chi connectivity index (χ1n) is 14.5. The van der Waals surface area contributed by atoms with Crippen molar-refractivity contribution in [2.24, 2.45) is 5.92 Å². The Balaban J connectivity index is 1.24. The van der Waals surface area contributed by atoms with Crippen molar-refractivity contribution >= 4 is 34.1 Å². The van der Waals surface area contributed by atoms with Gasteiger partial charge in [0.15, 0.2) is 11.3 Å². The minimum atomic E-state index is -0.742. The Kier molecular flexibility index (Phi) is 7.18. The number of likely N-dealkylation sites (tertiary alicyclic amines) is 1. The smallest absolute Gasteiger partial charge is 0.306 e. The van der Waals surface area contributed by atoms with E-state index in [-0.39, 0.29) is 17.5 Å². The Morgan fingerprint density at radius 2 is 2.05 bits per heavy atom. The fourth-order valence-electron chi connectivity index (χ4n) is 5.81. The number of carboxylic acids is 1. The highest BCUT2D eigenvalue weighted by molar-refractivity contribution is 6.05. The molecule has 3 N–H and O–H groups in total. The fourth-order valence-corrected chi connectivity index (χ4v) is 5.81. The first-order chi connectivity index (χ1) is 21.5. The Morgan fingerprint density at radius 1 is 1.18 bits per heavy atom. The van der Waals surface area contributed by atoms with E-state index in [1.165, 1.54) is 0 Å². The lowest BCUT2D eigenvalue weighted by molar-refractivity contribution is -0.143. The van der Waals surface area contributed by atoms with Crippen molar-refractivity contribution in [3.63, 3.8) is 0 Å². The summed E-state index contributed by atoms with van der Waals surface area (Å²) < 4.78 is 15.0. The maximum atomic E-state index is 13.6. The molecule has 6 heterocycles. The topological polar surface area (TPSA) is 161 Å². The predicted octanol–water partition coefficient (Wildman–Crippen LogP) is 2.47. The SMILES string of the molecule is COc1cc2c(cc1-n1nc(C(=O)NCCN3CCC(C(=O)O)CC3)c3cnc(-c4cnn5cccnc45)cc31)OCCN2. The van der Waals surface area contributed by atoms with Gasteiger partial charge in [0.25, 0.3) is 5.91 Å². The number of carboxylic acid groups (broad SMARTS) is 1. The van der Waals surface area contributed by atoms with Gasteiger partial charge in [0.05, 0.1) is 47.1 Å². The zero-order valence-corrected chi connectivity index (χ0v) is 24.1. The van der Waals surface area contributed by atoms with E-state index >= 15 is 0 Å². The van der Waals surface area contributed by atoms with Crippen molar-refractivity contribution in [3.8, 4) is 28.4 Å². The van der Waals surface area contributed by atoms with Crippen LogP contribution in [0.3, 0.4) is 0 Å². The van der Waals surface area contributed by atoms with Gasteiger partial charge >= 0.3 is 5.97 Å². The van der Waals surface area contributed by atoms with E-state index in [2.05, 4.69) is 30.6 Å². The van der Waals surface area contributed by atoms with Crippen molar-refractivity contribution in [3.05, 3.63) is 54.7 Å². The molecule has 1 aromatic carbocycles. The Morgan fingerprint density at radius 3 is 2.86 bits per heavy atom. The predicted molar refractivity (Wildman–Crippen MR) is 161 cm³/mol. The third-order valence-corrected chi connectivity index (χ3v) is 8.17. The van der Waals surface area contributed by atoms with Crippen LogP contribution in [0.15, 0.2) is 49.1 Å². The number of rotatable bonds is 8. The van der Waals surface area contributed by atoms with Crippen LogP contribution in [0.2, 0.25) is 0 Å². The maximum absolute atomic E-state index is 13.6. The number of fused-ring (bicyclic) bond motifs is 3. The number of benzene rings is 1. The summed E-state index contributed by atoms with van der Waals surface area (Å²) in [4.78, 5) is 36.2. The van der Waals surface area contributed by atoms with Crippen molar-refractivity contribution in [2.75, 3.05) is 51.8 Å². The number of anilines is 1. The van der Waals surface area contributed by atoms with Crippen LogP contribution in [0.5, 0.6) is 11.5 Å². The Bertz CT molecular complexity index is 1880. The number of hydrogen-bond donors (Lipinski definition) is 3. The van der Waals surface area contributed by atoms with Gasteiger partial charge in [-0.2, -0.15) is 10.2 Å². The van der Waals surface area contributed by atoms with E-state index in [0.717, 1.165) is 11.3 Å². The van der Waals surface area contributed by atoms with E-state index < -0.39 is 5.97 Å². The summed E-state index contributed by atoms with van der Waals surface area (Å²) in [5.41, 5.74) is 4.31. The van der Waals surface area contributed by atoms with Gasteiger partial charge in [0.1, 0.15) is 23.8 Å². The molecule has 0 saturated carbocycles. The van der Waals surface area contributed by atoms with E-state index in [1.807, 2.05) is 24.4 Å². The van der Waals surface area contributed by atoms with Crippen LogP contribution in [0.25, 0.3) is 33.5 Å². The number of amides is 1. The van der Waals surface area contributed by atoms with E-state index in [4.69, 9.17) is 14.6 Å². The number of hydrogen-bond acceptors (Lipinski definition) is 10. The van der Waals surface area contributed by atoms with Crippen LogP contribution in [0, 0.1) is 5.92 Å². The number of aromatic nitrogens is 6. The van der Waals surface area contributed by atoms with Crippen LogP contribution in [-0.4, -0.2) is 97.7 Å². The van der Waals surface area contributed by atoms with Crippen LogP contribution in [-0.2, 0) is 4.79 Å². The number of piperidine rings is 1. The van der Waals surface area contributed by atoms with Gasteiger partial charge in [-0.25, -0.2) is 14.2 Å². The van der Waals surface area contributed by atoms with Crippen molar-refractivity contribution in [2.45, 2.75) is 12.8 Å². The molecule has 7 rings (SSSR count). The van der Waals surface area contributed by atoms with Gasteiger partial charge < -0.3 is 30.1 Å². The van der Waals surface area contributed by atoms with Gasteiger partial charge in [0.2, 0.25) is 0 Å². The lowest BCUT2D eigenvalue weighted by Gasteiger charge is -2.29. The highest BCUT2D eigenvalue weighted by atomic mass is 16.5. The lowest BCUT2D eigenvalue weighted by Crippen LogP contribution is -2.41. The molecule has 0 radical (unpaired) electrons. The number of ether oxygens (including phenoxy) is 2. The van der Waals surface area contributed by atoms with Crippen LogP contribution in [0.4, 0.5) is 5.69 Å². The number of carbonyl (C=O) groups excluding carboxylic acids is 1. The second-order valence-corrected chi connectivity index (χ2v) is 10.8. The van der Waals surface area contributed by atoms with Gasteiger partial charge in [-0.3, -0.25) is 14.6 Å². The average molecular weight is 598 g/mol. The number of nitrogens with zero attached hydrogens (tertiary/aromatic N) is 7. The molecule has 44 heavy (non-hydrogen) atoms. The summed E-state index contributed by atoms with van der Waals surface area (Å²) in [7, 11) is 1.59. The summed E-state index contributed by atoms with van der Waals surface area (Å²) in [6, 6.07) is 7.39. The third-order valence-electron chi connectivity index (χ3n) is 8.17. The molecule has 14 heteroatoms. The quantitative estimate of drug-likeness (QED) is 0.241. The molecule has 2 aliphatic rings. The van der Waals surface area contributed by atoms with E-state index in [1.54, 1.807) is 41.0 Å². The van der Waals surface area contributed by atoms with Crippen LogP contribution < -0.4 is 20.1 Å². The highest BCUT2D eigenvalue weighted by Gasteiger charge is 2.26. The molecule has 226 valence electrons. The van der Waals surface area contributed by atoms with E-state index in [9.17, 15) is 14.7 Å². The molecule has 2 aliphatic heterocycles. The fraction of sp³-hybridized carbons (Fsp3) is 0.333. The first-order valence-corrected chi connectivity index (χ1v) is 14.5. The number of pyridine rings is 1. The molecule has 0 spiro atoms. The average Bonchev–Trinajstić information content (AvgIpc) is 3.66. The molecule has 4 aromatic heterocycles. The van der Waals surface area contributed by atoms with Gasteiger partial charge in [-0.05, 0) is 38.1 Å². The minimum Gasteiger partial charge on any atom is -0.494 e. The second-order valence-electron chi connectivity index (χ2n) is 10.8. The molecule has 0 atom stereocenters. The lowest BCUT2D eigenvalue weighted by atomic mass is 9.97. The van der Waals surface area contributed by atoms with Gasteiger partial charge in [-0.15, -0.1) is 0 Å². The molecule has 1 fully saturated rings. The molecule has 0 bridgehead atoms. The maximum Gasteiger partial charge on any atom is 0.306 e. The highest BCUT2D eigenvalue weighted by Crippen LogP contribution is 2.38. The largest absolute Gasteiger partial charge is 0.494 e. The van der Waals surface area contributed by atoms with Gasteiger partial charge in [0, 0.05) is 50.4 Å². The summed E-state index contributed by atoms with van der Waals surface area (Å²) in [5, 5.41) is 25.3. The molecule has 14 nitrogen and oxygen atoms in total. The molecule has 5 aromatic rings. The summed E-state index contributed by atoms with van der Waals surface area (Å²) in [6.45, 7) is 3.59. The van der Waals surface area contributed by atoms with Crippen LogP contribution in [0.1, 0.15) is 23.3 Å². The van der Waals surface area contributed by atoms with Crippen molar-refractivity contribution in [1.29, 1.82) is 0 Å². The normalized spacial score (nSPS) is 15.5. The summed E-state index contributed by atoms with van der Waals surface area (Å²) in [5.74, 6) is -0.162. The minimum absolute atomic E-state index is 0.223. The molecular formula is C30H31N9O5. The molecule has 1 amide bonds.